The van der Waals surface area contributed by atoms with Gasteiger partial charge in [-0.25, -0.2) is 0 Å². The van der Waals surface area contributed by atoms with Crippen LogP contribution in [0.4, 0.5) is 5.69 Å². The number of nitrogens with zero attached hydrogens (tertiary/aromatic N) is 1. The largest absolute Gasteiger partial charge is 0.302 e. The van der Waals surface area contributed by atoms with Gasteiger partial charge in [-0.3, -0.25) is 4.79 Å². The lowest BCUT2D eigenvalue weighted by Gasteiger charge is -2.23. The number of amides is 1. The molecular formula is C12H13NO. The van der Waals surface area contributed by atoms with Crippen LogP contribution in [-0.2, 0) is 4.79 Å². The van der Waals surface area contributed by atoms with Gasteiger partial charge in [-0.15, -0.1) is 0 Å². The van der Waals surface area contributed by atoms with Crippen molar-refractivity contribution in [1.82, 2.24) is 0 Å². The molecule has 2 heteroatoms. The molecule has 0 saturated heterocycles. The van der Waals surface area contributed by atoms with Gasteiger partial charge in [-0.2, -0.15) is 0 Å². The standard InChI is InChI=1S/C12H13NO/c1-9-8-12(14)13(10(9)2)11-6-4-3-5-7-11/h3-8,10H,1-2H3. The molecule has 0 bridgehead atoms. The van der Waals surface area contributed by atoms with E-state index in [0.717, 1.165) is 11.3 Å². The summed E-state index contributed by atoms with van der Waals surface area (Å²) in [5.74, 6) is 0.0844. The number of benzene rings is 1. The molecule has 14 heavy (non-hydrogen) atoms. The topological polar surface area (TPSA) is 20.3 Å². The number of anilines is 1. The van der Waals surface area contributed by atoms with Crippen molar-refractivity contribution in [3.8, 4) is 0 Å². The van der Waals surface area contributed by atoms with Gasteiger partial charge in [0.25, 0.3) is 5.91 Å². The van der Waals surface area contributed by atoms with E-state index in [1.807, 2.05) is 49.1 Å². The van der Waals surface area contributed by atoms with Gasteiger partial charge in [0.1, 0.15) is 0 Å². The molecule has 2 rings (SSSR count). The third-order valence-electron chi connectivity index (χ3n) is 2.67. The summed E-state index contributed by atoms with van der Waals surface area (Å²) < 4.78 is 0. The summed E-state index contributed by atoms with van der Waals surface area (Å²) in [5, 5.41) is 0. The maximum absolute atomic E-state index is 11.6. The Morgan fingerprint density at radius 3 is 2.36 bits per heavy atom. The normalized spacial score (nSPS) is 21.3. The Morgan fingerprint density at radius 1 is 1.21 bits per heavy atom. The van der Waals surface area contributed by atoms with Crippen LogP contribution in [0.3, 0.4) is 0 Å². The smallest absolute Gasteiger partial charge is 0.251 e. The SMILES string of the molecule is CC1=CC(=O)N(c2ccccc2)C1C. The lowest BCUT2D eigenvalue weighted by atomic mass is 10.1. The van der Waals surface area contributed by atoms with Crippen LogP contribution >= 0.6 is 0 Å². The highest BCUT2D eigenvalue weighted by Gasteiger charge is 2.27. The van der Waals surface area contributed by atoms with E-state index in [9.17, 15) is 4.79 Å². The van der Waals surface area contributed by atoms with Crippen molar-refractivity contribution < 1.29 is 4.79 Å². The molecule has 1 aromatic carbocycles. The first kappa shape index (κ1) is 9.00. The molecule has 0 fully saturated rings. The fraction of sp³-hybridized carbons (Fsp3) is 0.250. The monoisotopic (exact) mass is 187 g/mol. The third-order valence-corrected chi connectivity index (χ3v) is 2.67. The van der Waals surface area contributed by atoms with Crippen molar-refractivity contribution >= 4 is 11.6 Å². The Hall–Kier alpha value is -1.57. The van der Waals surface area contributed by atoms with E-state index >= 15 is 0 Å². The second kappa shape index (κ2) is 3.29. The quantitative estimate of drug-likeness (QED) is 0.661. The van der Waals surface area contributed by atoms with Crippen molar-refractivity contribution in [1.29, 1.82) is 0 Å². The lowest BCUT2D eigenvalue weighted by molar-refractivity contribution is -0.113. The highest BCUT2D eigenvalue weighted by atomic mass is 16.2. The van der Waals surface area contributed by atoms with Crippen LogP contribution < -0.4 is 4.90 Å². The number of carbonyl (C=O) groups is 1. The van der Waals surface area contributed by atoms with Crippen LogP contribution in [0, 0.1) is 0 Å². The maximum atomic E-state index is 11.6. The molecule has 2 nitrogen and oxygen atoms in total. The van der Waals surface area contributed by atoms with E-state index in [4.69, 9.17) is 0 Å². The van der Waals surface area contributed by atoms with Crippen LogP contribution in [0.5, 0.6) is 0 Å². The molecule has 1 aliphatic rings. The number of hydrogen-bond donors (Lipinski definition) is 0. The number of para-hydroxylation sites is 1. The summed E-state index contributed by atoms with van der Waals surface area (Å²) in [6.45, 7) is 4.04. The summed E-state index contributed by atoms with van der Waals surface area (Å²) in [6.07, 6.45) is 1.71. The Labute approximate surface area is 83.8 Å². The first-order valence-corrected chi connectivity index (χ1v) is 4.76. The molecule has 0 saturated carbocycles. The molecule has 1 atom stereocenters. The van der Waals surface area contributed by atoms with E-state index in [1.54, 1.807) is 6.08 Å². The highest BCUT2D eigenvalue weighted by Crippen LogP contribution is 2.25. The average Bonchev–Trinajstić information content (AvgIpc) is 2.43. The number of hydrogen-bond acceptors (Lipinski definition) is 1. The lowest BCUT2D eigenvalue weighted by Crippen LogP contribution is -2.32. The molecule has 1 unspecified atom stereocenters. The second-order valence-electron chi connectivity index (χ2n) is 3.61. The van der Waals surface area contributed by atoms with Gasteiger partial charge in [0.15, 0.2) is 0 Å². The van der Waals surface area contributed by atoms with Crippen molar-refractivity contribution in [2.45, 2.75) is 19.9 Å². The molecule has 1 aliphatic heterocycles. The van der Waals surface area contributed by atoms with Gasteiger partial charge in [-0.05, 0) is 31.6 Å². The second-order valence-corrected chi connectivity index (χ2v) is 3.61. The number of rotatable bonds is 1. The van der Waals surface area contributed by atoms with Crippen LogP contribution in [-0.4, -0.2) is 11.9 Å². The van der Waals surface area contributed by atoms with Gasteiger partial charge >= 0.3 is 0 Å². The molecule has 0 spiro atoms. The molecule has 1 amide bonds. The summed E-state index contributed by atoms with van der Waals surface area (Å²) in [4.78, 5) is 13.5. The summed E-state index contributed by atoms with van der Waals surface area (Å²) in [7, 11) is 0. The Bertz CT molecular complexity index is 381. The van der Waals surface area contributed by atoms with E-state index < -0.39 is 0 Å². The number of carbonyl (C=O) groups excluding carboxylic acids is 1. The molecule has 0 N–H and O–H groups in total. The summed E-state index contributed by atoms with van der Waals surface area (Å²) in [5.41, 5.74) is 2.09. The van der Waals surface area contributed by atoms with Gasteiger partial charge < -0.3 is 4.90 Å². The van der Waals surface area contributed by atoms with E-state index in [0.29, 0.717) is 0 Å². The van der Waals surface area contributed by atoms with Crippen molar-refractivity contribution in [2.24, 2.45) is 0 Å². The van der Waals surface area contributed by atoms with Crippen molar-refractivity contribution in [2.75, 3.05) is 4.90 Å². The fourth-order valence-electron chi connectivity index (χ4n) is 1.72. The molecule has 1 aromatic rings. The highest BCUT2D eigenvalue weighted by molar-refractivity contribution is 6.05. The predicted molar refractivity (Wildman–Crippen MR) is 57.1 cm³/mol. The van der Waals surface area contributed by atoms with E-state index in [2.05, 4.69) is 0 Å². The predicted octanol–water partition coefficient (Wildman–Crippen LogP) is 2.37. The van der Waals surface area contributed by atoms with E-state index in [1.165, 1.54) is 0 Å². The zero-order valence-electron chi connectivity index (χ0n) is 8.40. The van der Waals surface area contributed by atoms with Crippen LogP contribution in [0.2, 0.25) is 0 Å². The molecule has 0 aliphatic carbocycles. The Kier molecular flexibility index (Phi) is 2.12. The average molecular weight is 187 g/mol. The summed E-state index contributed by atoms with van der Waals surface area (Å²) in [6, 6.07) is 9.95. The zero-order chi connectivity index (χ0) is 10.1. The fourth-order valence-corrected chi connectivity index (χ4v) is 1.72. The van der Waals surface area contributed by atoms with Gasteiger partial charge in [0.05, 0.1) is 6.04 Å². The van der Waals surface area contributed by atoms with Crippen molar-refractivity contribution in [3.05, 3.63) is 42.0 Å². The van der Waals surface area contributed by atoms with Crippen LogP contribution in [0.15, 0.2) is 42.0 Å². The zero-order valence-corrected chi connectivity index (χ0v) is 8.40. The molecular weight excluding hydrogens is 174 g/mol. The van der Waals surface area contributed by atoms with Crippen molar-refractivity contribution in [3.63, 3.8) is 0 Å². The minimum absolute atomic E-state index is 0.0844. The Balaban J connectivity index is 2.34. The first-order chi connectivity index (χ1) is 6.70. The van der Waals surface area contributed by atoms with Gasteiger partial charge in [0.2, 0.25) is 0 Å². The molecule has 72 valence electrons. The Morgan fingerprint density at radius 2 is 1.86 bits per heavy atom. The van der Waals surface area contributed by atoms with E-state index in [-0.39, 0.29) is 11.9 Å². The molecule has 0 radical (unpaired) electrons. The third kappa shape index (κ3) is 1.33. The van der Waals surface area contributed by atoms with Crippen LogP contribution in [0.1, 0.15) is 13.8 Å². The first-order valence-electron chi connectivity index (χ1n) is 4.76. The minimum atomic E-state index is 0.0844. The van der Waals surface area contributed by atoms with Gasteiger partial charge in [-0.1, -0.05) is 18.2 Å². The molecule has 0 aromatic heterocycles. The van der Waals surface area contributed by atoms with Crippen LogP contribution in [0.25, 0.3) is 0 Å². The molecule has 1 heterocycles. The summed E-state index contributed by atoms with van der Waals surface area (Å²) >= 11 is 0. The maximum Gasteiger partial charge on any atom is 0.251 e. The van der Waals surface area contributed by atoms with Gasteiger partial charge in [0, 0.05) is 11.8 Å². The minimum Gasteiger partial charge on any atom is -0.302 e.